The fourth-order valence-electron chi connectivity index (χ4n) is 5.61. The highest BCUT2D eigenvalue weighted by atomic mass is 16.5. The molecule has 0 N–H and O–H groups in total. The predicted octanol–water partition coefficient (Wildman–Crippen LogP) is 9.83. The van der Waals surface area contributed by atoms with Gasteiger partial charge in [-0.15, -0.1) is 0 Å². The maximum Gasteiger partial charge on any atom is 0.0630 e. The molecule has 0 aromatic rings. The van der Waals surface area contributed by atoms with E-state index in [9.17, 15) is 0 Å². The second-order valence-corrected chi connectivity index (χ2v) is 13.6. The zero-order valence-corrected chi connectivity index (χ0v) is 22.6. The Kier molecular flexibility index (Phi) is 12.1. The molecule has 176 valence electrons. The van der Waals surface area contributed by atoms with E-state index in [1.165, 1.54) is 64.2 Å². The molecule has 0 rings (SSSR count). The second kappa shape index (κ2) is 12.1. The Morgan fingerprint density at radius 3 is 1.07 bits per heavy atom. The Morgan fingerprint density at radius 2 is 0.828 bits per heavy atom. The Bertz CT molecular complexity index is 379. The first kappa shape index (κ1) is 29.0. The van der Waals surface area contributed by atoms with Crippen molar-refractivity contribution in [2.24, 2.45) is 21.7 Å². The van der Waals surface area contributed by atoms with Gasteiger partial charge in [-0.1, -0.05) is 122 Å². The minimum absolute atomic E-state index is 0.201. The fourth-order valence-corrected chi connectivity index (χ4v) is 5.61. The molecular formula is C28H58O. The summed E-state index contributed by atoms with van der Waals surface area (Å²) in [6.45, 7) is 28.7. The highest BCUT2D eigenvalue weighted by Gasteiger charge is 2.40. The van der Waals surface area contributed by atoms with Gasteiger partial charge in [-0.05, 0) is 47.3 Å². The van der Waals surface area contributed by atoms with Crippen LogP contribution in [-0.2, 0) is 4.74 Å². The van der Waals surface area contributed by atoms with E-state index in [1.807, 2.05) is 0 Å². The SMILES string of the molecule is CCCCCC(OC(CCCCC)C(C)(C)CC(C)(C)C)C(C)(C)CC(C)(C)C. The van der Waals surface area contributed by atoms with Gasteiger partial charge < -0.3 is 4.74 Å². The molecule has 2 atom stereocenters. The molecule has 1 nitrogen and oxygen atoms in total. The lowest BCUT2D eigenvalue weighted by Crippen LogP contribution is -2.43. The molecule has 29 heavy (non-hydrogen) atoms. The first-order chi connectivity index (χ1) is 13.0. The summed E-state index contributed by atoms with van der Waals surface area (Å²) in [6.07, 6.45) is 13.3. The molecule has 0 aromatic carbocycles. The molecule has 0 spiro atoms. The molecule has 0 aliphatic rings. The topological polar surface area (TPSA) is 9.23 Å². The van der Waals surface area contributed by atoms with Crippen LogP contribution in [0.3, 0.4) is 0 Å². The summed E-state index contributed by atoms with van der Waals surface area (Å²) >= 11 is 0. The summed E-state index contributed by atoms with van der Waals surface area (Å²) < 4.78 is 7.17. The summed E-state index contributed by atoms with van der Waals surface area (Å²) in [4.78, 5) is 0. The highest BCUT2D eigenvalue weighted by Crippen LogP contribution is 2.44. The number of ether oxygens (including phenoxy) is 1. The molecule has 0 heterocycles. The molecule has 0 saturated heterocycles. The van der Waals surface area contributed by atoms with E-state index in [0.29, 0.717) is 23.0 Å². The van der Waals surface area contributed by atoms with Gasteiger partial charge in [0.05, 0.1) is 12.2 Å². The monoisotopic (exact) mass is 410 g/mol. The molecule has 0 aliphatic heterocycles. The van der Waals surface area contributed by atoms with Crippen LogP contribution in [0.2, 0.25) is 0 Å². The van der Waals surface area contributed by atoms with Gasteiger partial charge in [0.2, 0.25) is 0 Å². The van der Waals surface area contributed by atoms with Gasteiger partial charge in [0.15, 0.2) is 0 Å². The van der Waals surface area contributed by atoms with Crippen molar-refractivity contribution in [3.05, 3.63) is 0 Å². The van der Waals surface area contributed by atoms with Crippen LogP contribution in [0.4, 0.5) is 0 Å². The van der Waals surface area contributed by atoms with Crippen LogP contribution in [0.15, 0.2) is 0 Å². The summed E-state index contributed by atoms with van der Waals surface area (Å²) in [7, 11) is 0. The maximum absolute atomic E-state index is 7.17. The third-order valence-electron chi connectivity index (χ3n) is 6.18. The van der Waals surface area contributed by atoms with Crippen molar-refractivity contribution in [2.75, 3.05) is 0 Å². The minimum Gasteiger partial charge on any atom is -0.374 e. The fraction of sp³-hybridized carbons (Fsp3) is 1.00. The van der Waals surface area contributed by atoms with E-state index in [1.54, 1.807) is 0 Å². The second-order valence-electron chi connectivity index (χ2n) is 13.6. The average molecular weight is 411 g/mol. The van der Waals surface area contributed by atoms with Gasteiger partial charge in [-0.25, -0.2) is 0 Å². The van der Waals surface area contributed by atoms with Crippen LogP contribution in [0.25, 0.3) is 0 Å². The summed E-state index contributed by atoms with van der Waals surface area (Å²) in [5.41, 5.74) is 1.06. The zero-order chi connectivity index (χ0) is 22.9. The first-order valence-electron chi connectivity index (χ1n) is 12.7. The molecule has 0 aliphatic carbocycles. The zero-order valence-electron chi connectivity index (χ0n) is 22.6. The third-order valence-corrected chi connectivity index (χ3v) is 6.18. The van der Waals surface area contributed by atoms with Crippen LogP contribution < -0.4 is 0 Å². The Hall–Kier alpha value is -0.0400. The lowest BCUT2D eigenvalue weighted by atomic mass is 9.70. The van der Waals surface area contributed by atoms with Gasteiger partial charge in [0.25, 0.3) is 0 Å². The van der Waals surface area contributed by atoms with Crippen molar-refractivity contribution in [3.8, 4) is 0 Å². The Labute approximate surface area is 186 Å². The van der Waals surface area contributed by atoms with Crippen molar-refractivity contribution in [1.82, 2.24) is 0 Å². The van der Waals surface area contributed by atoms with Crippen molar-refractivity contribution in [3.63, 3.8) is 0 Å². The molecule has 0 fully saturated rings. The van der Waals surface area contributed by atoms with Crippen LogP contribution in [0.1, 0.15) is 147 Å². The van der Waals surface area contributed by atoms with Crippen LogP contribution >= 0.6 is 0 Å². The average Bonchev–Trinajstić information content (AvgIpc) is 2.47. The van der Waals surface area contributed by atoms with E-state index in [2.05, 4.69) is 83.1 Å². The number of hydrogen-bond acceptors (Lipinski definition) is 1. The Morgan fingerprint density at radius 1 is 0.517 bits per heavy atom. The number of rotatable bonds is 14. The van der Waals surface area contributed by atoms with Gasteiger partial charge in [-0.3, -0.25) is 0 Å². The van der Waals surface area contributed by atoms with Gasteiger partial charge in [0, 0.05) is 0 Å². The lowest BCUT2D eigenvalue weighted by molar-refractivity contribution is -0.135. The van der Waals surface area contributed by atoms with E-state index >= 15 is 0 Å². The quantitative estimate of drug-likeness (QED) is 0.259. The third kappa shape index (κ3) is 13.1. The van der Waals surface area contributed by atoms with Crippen LogP contribution in [0, 0.1) is 21.7 Å². The van der Waals surface area contributed by atoms with Gasteiger partial charge in [-0.2, -0.15) is 0 Å². The largest absolute Gasteiger partial charge is 0.374 e. The van der Waals surface area contributed by atoms with E-state index < -0.39 is 0 Å². The molecule has 0 radical (unpaired) electrons. The van der Waals surface area contributed by atoms with Crippen molar-refractivity contribution < 1.29 is 4.74 Å². The Balaban J connectivity index is 5.63. The number of unbranched alkanes of at least 4 members (excludes halogenated alkanes) is 4. The normalized spacial score (nSPS) is 16.1. The molecule has 0 saturated carbocycles. The molecular weight excluding hydrogens is 352 g/mol. The summed E-state index contributed by atoms with van der Waals surface area (Å²) in [6, 6.07) is 0. The van der Waals surface area contributed by atoms with E-state index in [0.717, 1.165) is 0 Å². The minimum atomic E-state index is 0.201. The smallest absolute Gasteiger partial charge is 0.0630 e. The van der Waals surface area contributed by atoms with E-state index in [4.69, 9.17) is 4.74 Å². The van der Waals surface area contributed by atoms with Crippen molar-refractivity contribution in [1.29, 1.82) is 0 Å². The highest BCUT2D eigenvalue weighted by molar-refractivity contribution is 4.89. The standard InChI is InChI=1S/C28H58O/c1-13-15-17-19-23(27(9,10)21-25(3,4)5)29-24(20-18-16-14-2)28(11,12)22-26(6,7)8/h23-24H,13-22H2,1-12H3. The van der Waals surface area contributed by atoms with Gasteiger partial charge >= 0.3 is 0 Å². The van der Waals surface area contributed by atoms with E-state index in [-0.39, 0.29) is 10.8 Å². The summed E-state index contributed by atoms with van der Waals surface area (Å²) in [5, 5.41) is 0. The van der Waals surface area contributed by atoms with Crippen LogP contribution in [0.5, 0.6) is 0 Å². The summed E-state index contributed by atoms with van der Waals surface area (Å²) in [5.74, 6) is 0. The van der Waals surface area contributed by atoms with Gasteiger partial charge in [0.1, 0.15) is 0 Å². The molecule has 2 unspecified atom stereocenters. The molecule has 0 aromatic heterocycles. The molecule has 1 heteroatoms. The molecule has 0 bridgehead atoms. The van der Waals surface area contributed by atoms with Crippen LogP contribution in [-0.4, -0.2) is 12.2 Å². The van der Waals surface area contributed by atoms with Crippen molar-refractivity contribution in [2.45, 2.75) is 160 Å². The predicted molar refractivity (Wildman–Crippen MR) is 133 cm³/mol. The number of hydrogen-bond donors (Lipinski definition) is 0. The first-order valence-corrected chi connectivity index (χ1v) is 12.7. The van der Waals surface area contributed by atoms with Crippen molar-refractivity contribution >= 4 is 0 Å². The molecule has 0 amide bonds. The lowest BCUT2D eigenvalue weighted by Gasteiger charge is -2.45. The maximum atomic E-state index is 7.17.